The largest absolute Gasteiger partial charge is 0.378 e. The van der Waals surface area contributed by atoms with E-state index in [1.165, 1.54) is 21.2 Å². The van der Waals surface area contributed by atoms with Crippen LogP contribution in [0.15, 0.2) is 62.8 Å². The van der Waals surface area contributed by atoms with E-state index in [2.05, 4.69) is 48.8 Å². The summed E-state index contributed by atoms with van der Waals surface area (Å²) < 4.78 is 7.72. The molecule has 3 aromatic rings. The summed E-state index contributed by atoms with van der Waals surface area (Å²) >= 11 is 5.73. The Bertz CT molecular complexity index is 1570. The number of anilines is 1. The number of morpholine rings is 1. The number of benzene rings is 2. The van der Waals surface area contributed by atoms with Crippen molar-refractivity contribution in [2.24, 2.45) is 5.92 Å². The third-order valence-corrected chi connectivity index (χ3v) is 11.1. The van der Waals surface area contributed by atoms with Crippen LogP contribution in [0.25, 0.3) is 0 Å². The van der Waals surface area contributed by atoms with Gasteiger partial charge in [0.1, 0.15) is 11.8 Å². The molecule has 0 aliphatic carbocycles. The molecule has 2 aromatic carbocycles. The third-order valence-electron chi connectivity index (χ3n) is 7.93. The number of hydrogen-bond donors (Lipinski definition) is 0. The van der Waals surface area contributed by atoms with Crippen molar-refractivity contribution in [3.8, 4) is 0 Å². The Morgan fingerprint density at radius 3 is 2.27 bits per heavy atom. The second kappa shape index (κ2) is 10.8. The number of nitrogens with zero attached hydrogens (tertiary/aromatic N) is 3. The van der Waals surface area contributed by atoms with Gasteiger partial charge in [-0.05, 0) is 40.8 Å². The summed E-state index contributed by atoms with van der Waals surface area (Å²) in [6.45, 7) is 8.21. The molecule has 0 saturated carbocycles. The molecule has 0 N–H and O–H groups in total. The molecule has 6 rings (SSSR count). The number of thioether (sulfide) groups is 1. The highest BCUT2D eigenvalue weighted by atomic mass is 79.9. The number of ether oxygens (including phenoxy) is 1. The third kappa shape index (κ3) is 5.11. The Morgan fingerprint density at radius 2 is 1.63 bits per heavy atom. The Labute approximate surface area is 254 Å². The normalized spacial score (nSPS) is 22.6. The van der Waals surface area contributed by atoms with Crippen LogP contribution < -0.4 is 9.77 Å². The van der Waals surface area contributed by atoms with Gasteiger partial charge in [-0.25, -0.2) is 4.90 Å². The molecular weight excluding hydrogens is 626 g/mol. The van der Waals surface area contributed by atoms with E-state index in [0.29, 0.717) is 37.0 Å². The standard InChI is InChI=1S/C30H30BrN3O5S2/c1-30(2,3)18-6-4-17(5-7-18)22-23-24(27(37)34(26(23)36)20-10-8-19(31)9-11-20)40-28-25(22)41-29(38)33(28)16-21(35)32-12-14-39-15-13-32/h4-11,22-24H,12-16H2,1-3H3/t22-,23?,24?/m0/s1. The Hall–Kier alpha value is -2.73. The van der Waals surface area contributed by atoms with E-state index >= 15 is 0 Å². The zero-order valence-electron chi connectivity index (χ0n) is 23.0. The number of carbonyl (C=O) groups excluding carboxylic acids is 3. The number of halogens is 1. The highest BCUT2D eigenvalue weighted by Gasteiger charge is 2.56. The predicted octanol–water partition coefficient (Wildman–Crippen LogP) is 4.62. The predicted molar refractivity (Wildman–Crippen MR) is 163 cm³/mol. The second-order valence-corrected chi connectivity index (χ2v) is 14.6. The minimum atomic E-state index is -0.718. The van der Waals surface area contributed by atoms with Crippen molar-refractivity contribution in [2.75, 3.05) is 31.2 Å². The summed E-state index contributed by atoms with van der Waals surface area (Å²) in [4.78, 5) is 58.0. The molecule has 2 saturated heterocycles. The molecule has 11 heteroatoms. The molecule has 214 valence electrons. The first-order valence-electron chi connectivity index (χ1n) is 13.5. The van der Waals surface area contributed by atoms with Crippen LogP contribution >= 0.6 is 39.0 Å². The molecule has 0 radical (unpaired) electrons. The van der Waals surface area contributed by atoms with Crippen LogP contribution in [0.3, 0.4) is 0 Å². The lowest BCUT2D eigenvalue weighted by Gasteiger charge is -2.31. The molecule has 1 aromatic heterocycles. The molecule has 41 heavy (non-hydrogen) atoms. The molecule has 0 spiro atoms. The number of rotatable bonds is 4. The van der Waals surface area contributed by atoms with E-state index in [0.717, 1.165) is 31.8 Å². The average Bonchev–Trinajstić information content (AvgIpc) is 3.40. The van der Waals surface area contributed by atoms with Crippen LogP contribution in [0.1, 0.15) is 42.7 Å². The summed E-state index contributed by atoms with van der Waals surface area (Å²) in [5.74, 6) is -1.90. The average molecular weight is 657 g/mol. The molecule has 2 unspecified atom stereocenters. The van der Waals surface area contributed by atoms with Gasteiger partial charge in [-0.2, -0.15) is 0 Å². The number of hydrogen-bond acceptors (Lipinski definition) is 7. The highest BCUT2D eigenvalue weighted by molar-refractivity contribution is 9.10. The van der Waals surface area contributed by atoms with Crippen LogP contribution in [0.4, 0.5) is 5.69 Å². The summed E-state index contributed by atoms with van der Waals surface area (Å²) in [7, 11) is 0. The maximum Gasteiger partial charge on any atom is 0.308 e. The van der Waals surface area contributed by atoms with Gasteiger partial charge in [-0.15, -0.1) is 0 Å². The van der Waals surface area contributed by atoms with Crippen LogP contribution in [0, 0.1) is 5.92 Å². The second-order valence-electron chi connectivity index (χ2n) is 11.5. The van der Waals surface area contributed by atoms with Gasteiger partial charge in [0.05, 0.1) is 29.8 Å². The molecule has 3 aliphatic rings. The highest BCUT2D eigenvalue weighted by Crippen LogP contribution is 2.54. The number of imide groups is 1. The van der Waals surface area contributed by atoms with E-state index in [1.807, 2.05) is 12.1 Å². The van der Waals surface area contributed by atoms with E-state index < -0.39 is 17.1 Å². The lowest BCUT2D eigenvalue weighted by atomic mass is 9.81. The van der Waals surface area contributed by atoms with Gasteiger partial charge in [0.15, 0.2) is 0 Å². The maximum absolute atomic E-state index is 14.1. The Morgan fingerprint density at radius 1 is 0.976 bits per heavy atom. The minimum absolute atomic E-state index is 0.0554. The quantitative estimate of drug-likeness (QED) is 0.381. The SMILES string of the molecule is CC(C)(C)c1ccc([C@@H]2c3sc(=O)n(CC(=O)N4CCOCC4)c3SC3C(=O)N(c4ccc(Br)cc4)C(=O)C32)cc1. The van der Waals surface area contributed by atoms with Gasteiger partial charge in [-0.3, -0.25) is 23.7 Å². The number of fused-ring (bicyclic) bond motifs is 2. The molecule has 8 nitrogen and oxygen atoms in total. The van der Waals surface area contributed by atoms with Crippen LogP contribution in [-0.4, -0.2) is 58.7 Å². The number of amides is 3. The van der Waals surface area contributed by atoms with Crippen molar-refractivity contribution in [1.82, 2.24) is 9.47 Å². The van der Waals surface area contributed by atoms with Crippen molar-refractivity contribution in [3.63, 3.8) is 0 Å². The van der Waals surface area contributed by atoms with Gasteiger partial charge >= 0.3 is 4.87 Å². The van der Waals surface area contributed by atoms with Crippen LogP contribution in [-0.2, 0) is 31.1 Å². The summed E-state index contributed by atoms with van der Waals surface area (Å²) in [6, 6.07) is 15.2. The van der Waals surface area contributed by atoms with Gasteiger partial charge in [0.2, 0.25) is 17.7 Å². The van der Waals surface area contributed by atoms with Crippen molar-refractivity contribution in [3.05, 3.63) is 78.7 Å². The summed E-state index contributed by atoms with van der Waals surface area (Å²) in [6.07, 6.45) is 0. The van der Waals surface area contributed by atoms with Crippen molar-refractivity contribution < 1.29 is 19.1 Å². The molecule has 2 fully saturated rings. The van der Waals surface area contributed by atoms with Crippen molar-refractivity contribution in [1.29, 1.82) is 0 Å². The van der Waals surface area contributed by atoms with E-state index in [9.17, 15) is 19.2 Å². The molecule has 3 amide bonds. The van der Waals surface area contributed by atoms with Crippen LogP contribution in [0.5, 0.6) is 0 Å². The van der Waals surface area contributed by atoms with Crippen LogP contribution in [0.2, 0.25) is 0 Å². The van der Waals surface area contributed by atoms with E-state index in [4.69, 9.17) is 4.74 Å². The summed E-state index contributed by atoms with van der Waals surface area (Å²) in [5, 5.41) is -0.115. The van der Waals surface area contributed by atoms with Gasteiger partial charge in [-0.1, -0.05) is 84.1 Å². The number of thiazole rings is 1. The Balaban J connectivity index is 1.44. The fourth-order valence-corrected chi connectivity index (χ4v) is 8.74. The zero-order chi connectivity index (χ0) is 29.1. The first-order chi connectivity index (χ1) is 19.5. The summed E-state index contributed by atoms with van der Waals surface area (Å²) in [5.41, 5.74) is 2.49. The van der Waals surface area contributed by atoms with E-state index in [-0.39, 0.29) is 34.6 Å². The van der Waals surface area contributed by atoms with Gasteiger partial charge in [0, 0.05) is 28.4 Å². The van der Waals surface area contributed by atoms with Gasteiger partial charge < -0.3 is 9.64 Å². The molecule has 0 bridgehead atoms. The lowest BCUT2D eigenvalue weighted by molar-refractivity contribution is -0.136. The lowest BCUT2D eigenvalue weighted by Crippen LogP contribution is -2.43. The number of carbonyl (C=O) groups is 3. The van der Waals surface area contributed by atoms with E-state index in [1.54, 1.807) is 29.2 Å². The monoisotopic (exact) mass is 655 g/mol. The Kier molecular flexibility index (Phi) is 7.50. The molecule has 4 heterocycles. The van der Waals surface area contributed by atoms with Gasteiger partial charge in [0.25, 0.3) is 0 Å². The molecule has 3 atom stereocenters. The van der Waals surface area contributed by atoms with Crippen molar-refractivity contribution >= 4 is 62.4 Å². The fourth-order valence-electron chi connectivity index (χ4n) is 5.70. The smallest absolute Gasteiger partial charge is 0.308 e. The topological polar surface area (TPSA) is 88.9 Å². The zero-order valence-corrected chi connectivity index (χ0v) is 26.2. The molecule has 3 aliphatic heterocycles. The maximum atomic E-state index is 14.1. The van der Waals surface area contributed by atoms with Crippen molar-refractivity contribution in [2.45, 2.75) is 48.9 Å². The first kappa shape index (κ1) is 28.4. The molecular formula is C30H30BrN3O5S2. The fraction of sp³-hybridized carbons (Fsp3) is 0.400. The minimum Gasteiger partial charge on any atom is -0.378 e. The first-order valence-corrected chi connectivity index (χ1v) is 16.0. The number of aromatic nitrogens is 1.